The summed E-state index contributed by atoms with van der Waals surface area (Å²) in [4.78, 5) is 26.2. The van der Waals surface area contributed by atoms with Gasteiger partial charge in [0.05, 0.1) is 4.90 Å². The second kappa shape index (κ2) is 12.5. The molecule has 0 unspecified atom stereocenters. The van der Waals surface area contributed by atoms with Crippen LogP contribution in [-0.4, -0.2) is 63.9 Å². The first kappa shape index (κ1) is 27.1. The van der Waals surface area contributed by atoms with E-state index in [-0.39, 0.29) is 35.7 Å². The third-order valence-corrected chi connectivity index (χ3v) is 8.26. The smallest absolute Gasteiger partial charge is 0.251 e. The summed E-state index contributed by atoms with van der Waals surface area (Å²) in [5.74, 6) is -0.814. The molecule has 2 N–H and O–H groups in total. The van der Waals surface area contributed by atoms with Gasteiger partial charge in [-0.1, -0.05) is 29.3 Å². The summed E-state index contributed by atoms with van der Waals surface area (Å²) in [5, 5.41) is 6.24. The maximum atomic E-state index is 13.1. The minimum atomic E-state index is -3.67. The molecule has 0 spiro atoms. The van der Waals surface area contributed by atoms with E-state index in [2.05, 4.69) is 10.6 Å². The molecule has 1 aliphatic rings. The van der Waals surface area contributed by atoms with Gasteiger partial charge in [-0.05, 0) is 68.5 Å². The molecule has 10 heteroatoms. The number of aryl methyl sites for hydroxylation is 1. The van der Waals surface area contributed by atoms with Crippen LogP contribution >= 0.6 is 11.6 Å². The number of halogens is 1. The fourth-order valence-electron chi connectivity index (χ4n) is 4.15. The number of nitrogens with one attached hydrogen (secondary N) is 2. The quantitative estimate of drug-likeness (QED) is 0.468. The Morgan fingerprint density at radius 1 is 1.14 bits per heavy atom. The zero-order chi connectivity index (χ0) is 25.4. The van der Waals surface area contributed by atoms with E-state index in [4.69, 9.17) is 16.3 Å². The maximum Gasteiger partial charge on any atom is 0.251 e. The number of hydrogen-bond donors (Lipinski definition) is 2. The number of carbonyl (C=O) groups excluding carboxylic acids is 2. The van der Waals surface area contributed by atoms with Crippen molar-refractivity contribution < 1.29 is 22.7 Å². The normalized spacial score (nSPS) is 16.0. The molecule has 0 bridgehead atoms. The minimum Gasteiger partial charge on any atom is -0.385 e. The highest BCUT2D eigenvalue weighted by Gasteiger charge is 2.36. The molecule has 3 rings (SSSR count). The number of hydrogen-bond acceptors (Lipinski definition) is 5. The Labute approximate surface area is 212 Å². The molecule has 2 aromatic carbocycles. The molecule has 2 amide bonds. The number of carbonyl (C=O) groups is 2. The van der Waals surface area contributed by atoms with Gasteiger partial charge in [0, 0.05) is 43.9 Å². The van der Waals surface area contributed by atoms with Crippen molar-refractivity contribution in [2.75, 3.05) is 33.4 Å². The van der Waals surface area contributed by atoms with Crippen molar-refractivity contribution in [1.82, 2.24) is 14.9 Å². The molecule has 35 heavy (non-hydrogen) atoms. The van der Waals surface area contributed by atoms with Crippen LogP contribution in [0.2, 0.25) is 5.02 Å². The first-order chi connectivity index (χ1) is 16.7. The monoisotopic (exact) mass is 521 g/mol. The number of nitrogens with zero attached hydrogens (tertiary/aromatic N) is 1. The largest absolute Gasteiger partial charge is 0.385 e. The summed E-state index contributed by atoms with van der Waals surface area (Å²) >= 11 is 5.89. The minimum absolute atomic E-state index is 0.181. The second-order valence-electron chi connectivity index (χ2n) is 8.65. The molecule has 0 radical (unpaired) electrons. The zero-order valence-electron chi connectivity index (χ0n) is 20.0. The van der Waals surface area contributed by atoms with E-state index in [1.54, 1.807) is 37.4 Å². The molecule has 190 valence electrons. The van der Waals surface area contributed by atoms with E-state index in [9.17, 15) is 18.0 Å². The lowest BCUT2D eigenvalue weighted by atomic mass is 9.89. The molecule has 1 heterocycles. The highest BCUT2D eigenvalue weighted by atomic mass is 35.5. The van der Waals surface area contributed by atoms with Crippen molar-refractivity contribution in [3.8, 4) is 0 Å². The Balaban J connectivity index is 1.71. The average Bonchev–Trinajstić information content (AvgIpc) is 2.85. The molecule has 8 nitrogen and oxygen atoms in total. The number of methoxy groups -OCH3 is 1. The van der Waals surface area contributed by atoms with Crippen LogP contribution in [0.3, 0.4) is 0 Å². The highest BCUT2D eigenvalue weighted by Crippen LogP contribution is 2.27. The first-order valence-corrected chi connectivity index (χ1v) is 13.4. The number of benzene rings is 2. The molecule has 1 fully saturated rings. The molecule has 1 aliphatic heterocycles. The van der Waals surface area contributed by atoms with Crippen molar-refractivity contribution >= 4 is 33.4 Å². The lowest BCUT2D eigenvalue weighted by Crippen LogP contribution is -2.54. The fourth-order valence-corrected chi connectivity index (χ4v) is 5.75. The van der Waals surface area contributed by atoms with E-state index in [1.165, 1.54) is 16.4 Å². The van der Waals surface area contributed by atoms with Crippen LogP contribution < -0.4 is 10.6 Å². The van der Waals surface area contributed by atoms with Gasteiger partial charge in [-0.15, -0.1) is 0 Å². The standard InChI is InChI=1S/C25H32ClN3O5S/c1-18-5-3-6-20(17-18)24(30)28-23(25(31)27-13-4-16-34-2)19-11-14-29(15-12-19)35(32,33)22-9-7-21(26)8-10-22/h3,5-10,17,19,23H,4,11-16H2,1-2H3,(H,27,31)(H,28,30)/t23-/m0/s1. The van der Waals surface area contributed by atoms with Gasteiger partial charge >= 0.3 is 0 Å². The van der Waals surface area contributed by atoms with E-state index in [1.807, 2.05) is 13.0 Å². The first-order valence-electron chi connectivity index (χ1n) is 11.6. The summed E-state index contributed by atoms with van der Waals surface area (Å²) in [6.45, 7) is 3.34. The Bertz CT molecular complexity index is 1120. The van der Waals surface area contributed by atoms with Gasteiger partial charge in [0.25, 0.3) is 5.91 Å². The predicted molar refractivity (Wildman–Crippen MR) is 135 cm³/mol. The van der Waals surface area contributed by atoms with Crippen LogP contribution in [0.15, 0.2) is 53.4 Å². The van der Waals surface area contributed by atoms with Crippen LogP contribution in [0.25, 0.3) is 0 Å². The number of ether oxygens (including phenoxy) is 1. The van der Waals surface area contributed by atoms with Gasteiger partial charge in [-0.25, -0.2) is 8.42 Å². The maximum absolute atomic E-state index is 13.1. The predicted octanol–water partition coefficient (Wildman–Crippen LogP) is 3.00. The Morgan fingerprint density at radius 3 is 2.46 bits per heavy atom. The highest BCUT2D eigenvalue weighted by molar-refractivity contribution is 7.89. The van der Waals surface area contributed by atoms with Crippen LogP contribution in [0.4, 0.5) is 0 Å². The topological polar surface area (TPSA) is 105 Å². The van der Waals surface area contributed by atoms with Gasteiger partial charge < -0.3 is 15.4 Å². The molecule has 0 aromatic heterocycles. The number of sulfonamides is 1. The molecular formula is C25H32ClN3O5S. The average molecular weight is 522 g/mol. The van der Waals surface area contributed by atoms with Crippen LogP contribution in [0.5, 0.6) is 0 Å². The Kier molecular flexibility index (Phi) is 9.68. The van der Waals surface area contributed by atoms with Crippen molar-refractivity contribution in [2.24, 2.45) is 5.92 Å². The van der Waals surface area contributed by atoms with E-state index < -0.39 is 16.1 Å². The Hall–Kier alpha value is -2.46. The third-order valence-electron chi connectivity index (χ3n) is 6.10. The lowest BCUT2D eigenvalue weighted by molar-refractivity contribution is -0.124. The lowest BCUT2D eigenvalue weighted by Gasteiger charge is -2.35. The second-order valence-corrected chi connectivity index (χ2v) is 11.0. The van der Waals surface area contributed by atoms with E-state index in [0.717, 1.165) is 5.56 Å². The summed E-state index contributed by atoms with van der Waals surface area (Å²) < 4.78 is 32.5. The van der Waals surface area contributed by atoms with Crippen molar-refractivity contribution in [1.29, 1.82) is 0 Å². The van der Waals surface area contributed by atoms with E-state index in [0.29, 0.717) is 43.0 Å². The number of rotatable bonds is 10. The van der Waals surface area contributed by atoms with Gasteiger partial charge in [-0.3, -0.25) is 9.59 Å². The summed E-state index contributed by atoms with van der Waals surface area (Å²) in [5.41, 5.74) is 1.42. The molecular weight excluding hydrogens is 490 g/mol. The van der Waals surface area contributed by atoms with Crippen molar-refractivity contribution in [2.45, 2.75) is 37.1 Å². The molecule has 0 aliphatic carbocycles. The van der Waals surface area contributed by atoms with Gasteiger partial charge in [0.2, 0.25) is 15.9 Å². The number of piperidine rings is 1. The molecule has 1 saturated heterocycles. The Morgan fingerprint density at radius 2 is 1.83 bits per heavy atom. The number of amides is 2. The molecule has 1 atom stereocenters. The zero-order valence-corrected chi connectivity index (χ0v) is 21.6. The van der Waals surface area contributed by atoms with Crippen LogP contribution in [0, 0.1) is 12.8 Å². The van der Waals surface area contributed by atoms with E-state index >= 15 is 0 Å². The third kappa shape index (κ3) is 7.27. The molecule has 2 aromatic rings. The van der Waals surface area contributed by atoms with Gasteiger partial charge in [0.15, 0.2) is 0 Å². The summed E-state index contributed by atoms with van der Waals surface area (Å²) in [7, 11) is -2.07. The summed E-state index contributed by atoms with van der Waals surface area (Å²) in [6.07, 6.45) is 1.53. The van der Waals surface area contributed by atoms with Crippen molar-refractivity contribution in [3.63, 3.8) is 0 Å². The van der Waals surface area contributed by atoms with Gasteiger partial charge in [-0.2, -0.15) is 4.31 Å². The summed E-state index contributed by atoms with van der Waals surface area (Å²) in [6, 6.07) is 12.5. The van der Waals surface area contributed by atoms with Crippen LogP contribution in [-0.2, 0) is 19.6 Å². The van der Waals surface area contributed by atoms with Crippen molar-refractivity contribution in [3.05, 3.63) is 64.7 Å². The fraction of sp³-hybridized carbons (Fsp3) is 0.440. The molecule has 0 saturated carbocycles. The van der Waals surface area contributed by atoms with Gasteiger partial charge in [0.1, 0.15) is 6.04 Å². The SMILES string of the molecule is COCCCNC(=O)[C@@H](NC(=O)c1cccc(C)c1)C1CCN(S(=O)(=O)c2ccc(Cl)cc2)CC1. The van der Waals surface area contributed by atoms with Crippen LogP contribution in [0.1, 0.15) is 35.2 Å².